The third-order valence-corrected chi connectivity index (χ3v) is 4.67. The van der Waals surface area contributed by atoms with E-state index in [9.17, 15) is 4.79 Å². The molecular formula is C14H18BrN3O. The summed E-state index contributed by atoms with van der Waals surface area (Å²) in [6.45, 7) is 2.28. The largest absolute Gasteiger partial charge is 0.366 e. The molecule has 0 radical (unpaired) electrons. The Balaban J connectivity index is 1.95. The lowest BCUT2D eigenvalue weighted by Gasteiger charge is -2.38. The van der Waals surface area contributed by atoms with Crippen LogP contribution >= 0.6 is 15.9 Å². The van der Waals surface area contributed by atoms with Gasteiger partial charge in [0.1, 0.15) is 0 Å². The number of nitrogens with zero attached hydrogens (tertiary/aromatic N) is 1. The Kier molecular flexibility index (Phi) is 3.50. The van der Waals surface area contributed by atoms with Gasteiger partial charge in [0.2, 0.25) is 5.91 Å². The first kappa shape index (κ1) is 12.9. The number of rotatable bonds is 2. The lowest BCUT2D eigenvalue weighted by atomic mass is 9.90. The number of piperidine rings is 1. The average molecular weight is 324 g/mol. The molecule has 1 aromatic carbocycles. The van der Waals surface area contributed by atoms with E-state index in [1.54, 1.807) is 0 Å². The zero-order valence-electron chi connectivity index (χ0n) is 10.7. The molecule has 0 spiro atoms. The van der Waals surface area contributed by atoms with Gasteiger partial charge in [-0.15, -0.1) is 0 Å². The number of fused-ring (bicyclic) bond motifs is 1. The Labute approximate surface area is 121 Å². The molecule has 102 valence electrons. The van der Waals surface area contributed by atoms with Crippen molar-refractivity contribution >= 4 is 27.5 Å². The molecule has 2 fully saturated rings. The second-order valence-corrected chi connectivity index (χ2v) is 6.15. The van der Waals surface area contributed by atoms with Crippen LogP contribution in [0.4, 0.5) is 5.69 Å². The van der Waals surface area contributed by atoms with Crippen molar-refractivity contribution in [3.63, 3.8) is 0 Å². The summed E-state index contributed by atoms with van der Waals surface area (Å²) in [7, 11) is 0. The molecule has 3 N–H and O–H groups in total. The van der Waals surface area contributed by atoms with Crippen LogP contribution in [-0.2, 0) is 11.3 Å². The van der Waals surface area contributed by atoms with Gasteiger partial charge in [-0.05, 0) is 36.6 Å². The van der Waals surface area contributed by atoms with Crippen molar-refractivity contribution < 1.29 is 4.79 Å². The van der Waals surface area contributed by atoms with Gasteiger partial charge in [-0.1, -0.05) is 15.9 Å². The van der Waals surface area contributed by atoms with Crippen molar-refractivity contribution in [2.75, 3.05) is 18.0 Å². The molecule has 0 aromatic heterocycles. The average Bonchev–Trinajstić information content (AvgIpc) is 2.81. The van der Waals surface area contributed by atoms with Gasteiger partial charge in [0.15, 0.2) is 0 Å². The fourth-order valence-corrected chi connectivity index (χ4v) is 3.66. The Hall–Kier alpha value is -1.07. The molecular weight excluding hydrogens is 306 g/mol. The maximum atomic E-state index is 11.8. The Morgan fingerprint density at radius 1 is 1.47 bits per heavy atom. The molecule has 4 nitrogen and oxygen atoms in total. The smallest absolute Gasteiger partial charge is 0.225 e. The van der Waals surface area contributed by atoms with Gasteiger partial charge < -0.3 is 16.0 Å². The highest BCUT2D eigenvalue weighted by Crippen LogP contribution is 2.34. The Morgan fingerprint density at radius 3 is 3.11 bits per heavy atom. The zero-order valence-corrected chi connectivity index (χ0v) is 12.3. The highest BCUT2D eigenvalue weighted by molar-refractivity contribution is 9.10. The predicted molar refractivity (Wildman–Crippen MR) is 78.9 cm³/mol. The Bertz CT molecular complexity index is 505. The number of nitrogens with two attached hydrogens (primary N) is 1. The molecule has 2 saturated heterocycles. The lowest BCUT2D eigenvalue weighted by Crippen LogP contribution is -2.46. The van der Waals surface area contributed by atoms with Gasteiger partial charge in [-0.3, -0.25) is 4.79 Å². The molecule has 2 heterocycles. The zero-order chi connectivity index (χ0) is 13.4. The van der Waals surface area contributed by atoms with Crippen molar-refractivity contribution in [3.05, 3.63) is 28.2 Å². The predicted octanol–water partition coefficient (Wildman–Crippen LogP) is 1.62. The summed E-state index contributed by atoms with van der Waals surface area (Å²) in [6.07, 6.45) is 2.07. The summed E-state index contributed by atoms with van der Waals surface area (Å²) in [5.41, 5.74) is 8.17. The number of carbonyl (C=O) groups is 1. The maximum Gasteiger partial charge on any atom is 0.225 e. The summed E-state index contributed by atoms with van der Waals surface area (Å²) in [6, 6.07) is 6.51. The van der Waals surface area contributed by atoms with Crippen LogP contribution in [0.3, 0.4) is 0 Å². The minimum Gasteiger partial charge on any atom is -0.366 e. The van der Waals surface area contributed by atoms with Crippen LogP contribution in [0.25, 0.3) is 0 Å². The van der Waals surface area contributed by atoms with Gasteiger partial charge >= 0.3 is 0 Å². The molecule has 2 atom stereocenters. The summed E-state index contributed by atoms with van der Waals surface area (Å²) >= 11 is 3.49. The van der Waals surface area contributed by atoms with Crippen LogP contribution in [0.1, 0.15) is 18.4 Å². The molecule has 5 heteroatoms. The summed E-state index contributed by atoms with van der Waals surface area (Å²) in [5.74, 6) is 0.351. The van der Waals surface area contributed by atoms with E-state index < -0.39 is 0 Å². The number of hydrogen-bond donors (Lipinski definition) is 2. The minimum absolute atomic E-state index is 0.142. The first-order chi connectivity index (χ1) is 9.20. The number of halogens is 1. The number of carbonyl (C=O) groups excluding carboxylic acids is 1. The molecule has 3 rings (SSSR count). The fourth-order valence-electron chi connectivity index (χ4n) is 3.25. The van der Waals surface area contributed by atoms with Crippen molar-refractivity contribution in [1.82, 2.24) is 5.32 Å². The molecule has 0 aliphatic carbocycles. The molecule has 2 aliphatic heterocycles. The Morgan fingerprint density at radius 2 is 2.32 bits per heavy atom. The monoisotopic (exact) mass is 323 g/mol. The second-order valence-electron chi connectivity index (χ2n) is 5.23. The van der Waals surface area contributed by atoms with Gasteiger partial charge in [-0.25, -0.2) is 0 Å². The van der Waals surface area contributed by atoms with Crippen LogP contribution < -0.4 is 16.0 Å². The SMILES string of the molecule is NCc1cc(Br)ccc1N1CCCC2C(=O)NCC21. The fraction of sp³-hybridized carbons (Fsp3) is 0.500. The van der Waals surface area contributed by atoms with E-state index in [0.717, 1.165) is 36.0 Å². The summed E-state index contributed by atoms with van der Waals surface area (Å²) in [4.78, 5) is 14.2. The number of hydrogen-bond acceptors (Lipinski definition) is 3. The van der Waals surface area contributed by atoms with Crippen molar-refractivity contribution in [2.45, 2.75) is 25.4 Å². The molecule has 2 unspecified atom stereocenters. The van der Waals surface area contributed by atoms with Crippen LogP contribution in [0.5, 0.6) is 0 Å². The van der Waals surface area contributed by atoms with Crippen molar-refractivity contribution in [3.8, 4) is 0 Å². The number of anilines is 1. The number of benzene rings is 1. The minimum atomic E-state index is 0.142. The van der Waals surface area contributed by atoms with E-state index in [4.69, 9.17) is 5.73 Å². The second kappa shape index (κ2) is 5.13. The van der Waals surface area contributed by atoms with Gasteiger partial charge in [-0.2, -0.15) is 0 Å². The van der Waals surface area contributed by atoms with Crippen LogP contribution in [0.15, 0.2) is 22.7 Å². The molecule has 19 heavy (non-hydrogen) atoms. The quantitative estimate of drug-likeness (QED) is 0.869. The van der Waals surface area contributed by atoms with Crippen LogP contribution in [0, 0.1) is 5.92 Å². The van der Waals surface area contributed by atoms with Crippen LogP contribution in [-0.4, -0.2) is 25.0 Å². The summed E-state index contributed by atoms with van der Waals surface area (Å²) in [5, 5.41) is 2.99. The third-order valence-electron chi connectivity index (χ3n) is 4.17. The number of amides is 1. The van der Waals surface area contributed by atoms with Crippen LogP contribution in [0.2, 0.25) is 0 Å². The van der Waals surface area contributed by atoms with Gasteiger partial charge in [0.05, 0.1) is 12.0 Å². The van der Waals surface area contributed by atoms with Gasteiger partial charge in [0.25, 0.3) is 0 Å². The molecule has 2 aliphatic rings. The lowest BCUT2D eigenvalue weighted by molar-refractivity contribution is -0.122. The van der Waals surface area contributed by atoms with Crippen molar-refractivity contribution in [1.29, 1.82) is 0 Å². The van der Waals surface area contributed by atoms with Crippen molar-refractivity contribution in [2.24, 2.45) is 11.7 Å². The van der Waals surface area contributed by atoms with E-state index in [0.29, 0.717) is 6.54 Å². The maximum absolute atomic E-state index is 11.8. The standard InChI is InChI=1S/C14H18BrN3O/c15-10-3-4-12(9(6-10)7-16)18-5-1-2-11-13(18)8-17-14(11)19/h3-4,6,11,13H,1-2,5,7-8,16H2,(H,17,19). The topological polar surface area (TPSA) is 58.4 Å². The first-order valence-corrected chi connectivity index (χ1v) is 7.53. The third kappa shape index (κ3) is 2.25. The highest BCUT2D eigenvalue weighted by Gasteiger charge is 2.41. The highest BCUT2D eigenvalue weighted by atomic mass is 79.9. The molecule has 1 amide bonds. The molecule has 0 bridgehead atoms. The van der Waals surface area contributed by atoms with Gasteiger partial charge in [0, 0.05) is 29.8 Å². The van der Waals surface area contributed by atoms with E-state index in [1.807, 2.05) is 6.07 Å². The van der Waals surface area contributed by atoms with E-state index in [2.05, 4.69) is 38.3 Å². The number of nitrogens with one attached hydrogen (secondary N) is 1. The molecule has 1 aromatic rings. The van der Waals surface area contributed by atoms with E-state index >= 15 is 0 Å². The first-order valence-electron chi connectivity index (χ1n) is 6.73. The molecule has 0 saturated carbocycles. The summed E-state index contributed by atoms with van der Waals surface area (Å²) < 4.78 is 1.05. The van der Waals surface area contributed by atoms with E-state index in [-0.39, 0.29) is 17.9 Å². The normalized spacial score (nSPS) is 26.2. The van der Waals surface area contributed by atoms with E-state index in [1.165, 1.54) is 5.69 Å².